The van der Waals surface area contributed by atoms with Gasteiger partial charge in [-0.3, -0.25) is 0 Å². The quantitative estimate of drug-likeness (QED) is 0.759. The van der Waals surface area contributed by atoms with Crippen molar-refractivity contribution in [3.05, 3.63) is 36.0 Å². The molecular weight excluding hydrogens is 198 g/mol. The molecule has 0 aliphatic rings. The fourth-order valence-corrected chi connectivity index (χ4v) is 1.49. The molecule has 16 heavy (non-hydrogen) atoms. The molecule has 0 bridgehead atoms. The van der Waals surface area contributed by atoms with Gasteiger partial charge in [0, 0.05) is 11.1 Å². The molecule has 0 radical (unpaired) electrons. The van der Waals surface area contributed by atoms with Gasteiger partial charge in [-0.1, -0.05) is 32.0 Å². The van der Waals surface area contributed by atoms with Crippen molar-refractivity contribution in [1.29, 1.82) is 0 Å². The van der Waals surface area contributed by atoms with Crippen LogP contribution in [-0.4, -0.2) is 11.6 Å². The lowest BCUT2D eigenvalue weighted by molar-refractivity contribution is 0.343. The Labute approximate surface area is 97.3 Å². The zero-order chi connectivity index (χ0) is 12.0. The number of pyridine rings is 1. The molecule has 0 amide bonds. The summed E-state index contributed by atoms with van der Waals surface area (Å²) in [5, 5.41) is 1.13. The van der Waals surface area contributed by atoms with E-state index >= 15 is 0 Å². The number of nitrogens with zero attached hydrogens (tertiary/aromatic N) is 1. The summed E-state index contributed by atoms with van der Waals surface area (Å²) >= 11 is 0. The fourth-order valence-electron chi connectivity index (χ4n) is 1.49. The molecule has 0 saturated heterocycles. The average Bonchev–Trinajstić information content (AvgIpc) is 2.33. The van der Waals surface area contributed by atoms with E-state index in [0.717, 1.165) is 22.3 Å². The van der Waals surface area contributed by atoms with E-state index in [1.54, 1.807) is 0 Å². The highest BCUT2D eigenvalue weighted by Gasteiger charge is 2.02. The van der Waals surface area contributed by atoms with Gasteiger partial charge >= 0.3 is 0 Å². The molecule has 0 saturated carbocycles. The first-order chi connectivity index (χ1) is 7.81. The van der Waals surface area contributed by atoms with Crippen molar-refractivity contribution in [2.75, 3.05) is 6.61 Å². The summed E-state index contributed by atoms with van der Waals surface area (Å²) in [6.07, 6.45) is 0. The van der Waals surface area contributed by atoms with Crippen LogP contribution in [0.5, 0.6) is 5.75 Å². The Bertz CT molecular complexity index is 451. The van der Waals surface area contributed by atoms with E-state index in [9.17, 15) is 0 Å². The van der Waals surface area contributed by atoms with Crippen LogP contribution in [0.4, 0.5) is 0 Å². The Morgan fingerprint density at radius 1 is 1.12 bits per heavy atom. The van der Waals surface area contributed by atoms with Crippen molar-refractivity contribution in [3.63, 3.8) is 0 Å². The molecule has 1 aromatic carbocycles. The van der Waals surface area contributed by atoms with Gasteiger partial charge in [-0.05, 0) is 26.0 Å². The first-order valence-electron chi connectivity index (χ1n) is 5.80. The number of aryl methyl sites for hydroxylation is 1. The van der Waals surface area contributed by atoms with E-state index < -0.39 is 0 Å². The van der Waals surface area contributed by atoms with E-state index in [4.69, 9.17) is 4.74 Å². The SMILES string of the molecule is CC.CCOc1cccc2ccc(C)nc12. The van der Waals surface area contributed by atoms with Crippen LogP contribution in [0.25, 0.3) is 10.9 Å². The maximum Gasteiger partial charge on any atom is 0.145 e. The molecule has 86 valence electrons. The van der Waals surface area contributed by atoms with Crippen molar-refractivity contribution in [3.8, 4) is 5.75 Å². The normalized spacial score (nSPS) is 9.50. The van der Waals surface area contributed by atoms with Crippen LogP contribution in [0.15, 0.2) is 30.3 Å². The van der Waals surface area contributed by atoms with Crippen LogP contribution in [-0.2, 0) is 0 Å². The van der Waals surface area contributed by atoms with Gasteiger partial charge < -0.3 is 4.74 Å². The van der Waals surface area contributed by atoms with Crippen LogP contribution in [0.2, 0.25) is 0 Å². The Kier molecular flexibility index (Phi) is 4.77. The predicted octanol–water partition coefficient (Wildman–Crippen LogP) is 3.97. The fraction of sp³-hybridized carbons (Fsp3) is 0.357. The highest BCUT2D eigenvalue weighted by molar-refractivity contribution is 5.84. The molecule has 0 N–H and O–H groups in total. The molecule has 0 spiro atoms. The van der Waals surface area contributed by atoms with E-state index in [1.165, 1.54) is 0 Å². The van der Waals surface area contributed by atoms with Crippen molar-refractivity contribution >= 4 is 10.9 Å². The van der Waals surface area contributed by atoms with Crippen LogP contribution in [0.3, 0.4) is 0 Å². The van der Waals surface area contributed by atoms with Crippen molar-refractivity contribution in [2.45, 2.75) is 27.7 Å². The second-order valence-corrected chi connectivity index (χ2v) is 3.21. The van der Waals surface area contributed by atoms with Crippen LogP contribution < -0.4 is 4.74 Å². The summed E-state index contributed by atoms with van der Waals surface area (Å²) in [7, 11) is 0. The maximum absolute atomic E-state index is 5.51. The highest BCUT2D eigenvalue weighted by Crippen LogP contribution is 2.23. The topological polar surface area (TPSA) is 22.1 Å². The zero-order valence-electron chi connectivity index (χ0n) is 10.4. The van der Waals surface area contributed by atoms with Gasteiger partial charge in [-0.25, -0.2) is 4.98 Å². The van der Waals surface area contributed by atoms with Gasteiger partial charge in [0.15, 0.2) is 0 Å². The molecule has 0 atom stereocenters. The molecule has 0 unspecified atom stereocenters. The summed E-state index contributed by atoms with van der Waals surface area (Å²) in [5.41, 5.74) is 1.97. The standard InChI is InChI=1S/C12H13NO.C2H6/c1-3-14-11-6-4-5-10-8-7-9(2)13-12(10)11;1-2/h4-8H,3H2,1-2H3;1-2H3. The average molecular weight is 217 g/mol. The summed E-state index contributed by atoms with van der Waals surface area (Å²) < 4.78 is 5.51. The molecule has 0 aliphatic carbocycles. The lowest BCUT2D eigenvalue weighted by Crippen LogP contribution is -1.94. The summed E-state index contributed by atoms with van der Waals surface area (Å²) in [6.45, 7) is 8.64. The number of hydrogen-bond acceptors (Lipinski definition) is 2. The predicted molar refractivity (Wildman–Crippen MR) is 69.0 cm³/mol. The number of rotatable bonds is 2. The summed E-state index contributed by atoms with van der Waals surface area (Å²) in [4.78, 5) is 4.47. The Hall–Kier alpha value is -1.57. The third-order valence-corrected chi connectivity index (χ3v) is 2.12. The number of hydrogen-bond donors (Lipinski definition) is 0. The van der Waals surface area contributed by atoms with Gasteiger partial charge in [0.25, 0.3) is 0 Å². The second-order valence-electron chi connectivity index (χ2n) is 3.21. The molecule has 1 heterocycles. The Morgan fingerprint density at radius 2 is 1.88 bits per heavy atom. The zero-order valence-corrected chi connectivity index (χ0v) is 10.4. The number of ether oxygens (including phenoxy) is 1. The van der Waals surface area contributed by atoms with Crippen molar-refractivity contribution < 1.29 is 4.74 Å². The largest absolute Gasteiger partial charge is 0.492 e. The number of aromatic nitrogens is 1. The molecule has 0 aliphatic heterocycles. The van der Waals surface area contributed by atoms with Gasteiger partial charge in [0.2, 0.25) is 0 Å². The minimum Gasteiger partial charge on any atom is -0.492 e. The lowest BCUT2D eigenvalue weighted by atomic mass is 10.2. The monoisotopic (exact) mass is 217 g/mol. The van der Waals surface area contributed by atoms with Gasteiger partial charge in [0.05, 0.1) is 6.61 Å². The molecule has 2 rings (SSSR count). The summed E-state index contributed by atoms with van der Waals surface area (Å²) in [5.74, 6) is 0.869. The summed E-state index contributed by atoms with van der Waals surface area (Å²) in [6, 6.07) is 10.1. The van der Waals surface area contributed by atoms with Crippen molar-refractivity contribution in [2.24, 2.45) is 0 Å². The van der Waals surface area contributed by atoms with E-state index in [0.29, 0.717) is 6.61 Å². The Balaban J connectivity index is 0.000000606. The smallest absolute Gasteiger partial charge is 0.145 e. The highest BCUT2D eigenvalue weighted by atomic mass is 16.5. The van der Waals surface area contributed by atoms with Gasteiger partial charge in [-0.15, -0.1) is 0 Å². The molecule has 1 aromatic heterocycles. The number of fused-ring (bicyclic) bond motifs is 1. The van der Waals surface area contributed by atoms with Crippen LogP contribution in [0.1, 0.15) is 26.5 Å². The van der Waals surface area contributed by atoms with E-state index in [2.05, 4.69) is 11.1 Å². The third kappa shape index (κ3) is 2.72. The van der Waals surface area contributed by atoms with Gasteiger partial charge in [-0.2, -0.15) is 0 Å². The molecule has 2 nitrogen and oxygen atoms in total. The molecule has 0 fully saturated rings. The third-order valence-electron chi connectivity index (χ3n) is 2.12. The van der Waals surface area contributed by atoms with E-state index in [-0.39, 0.29) is 0 Å². The minimum absolute atomic E-state index is 0.675. The molecule has 2 aromatic rings. The van der Waals surface area contributed by atoms with Crippen LogP contribution in [0, 0.1) is 6.92 Å². The number of para-hydroxylation sites is 1. The van der Waals surface area contributed by atoms with Gasteiger partial charge in [0.1, 0.15) is 11.3 Å². The first-order valence-corrected chi connectivity index (χ1v) is 5.80. The molecular formula is C14H19NO. The van der Waals surface area contributed by atoms with Crippen LogP contribution >= 0.6 is 0 Å². The molecule has 2 heteroatoms. The maximum atomic E-state index is 5.51. The Morgan fingerprint density at radius 3 is 2.56 bits per heavy atom. The second kappa shape index (κ2) is 6.11. The minimum atomic E-state index is 0.675. The number of benzene rings is 1. The first kappa shape index (κ1) is 12.5. The lowest BCUT2D eigenvalue weighted by Gasteiger charge is -2.06. The van der Waals surface area contributed by atoms with Crippen molar-refractivity contribution in [1.82, 2.24) is 4.98 Å². The van der Waals surface area contributed by atoms with E-state index in [1.807, 2.05) is 52.0 Å².